The normalized spacial score (nSPS) is 21.0. The van der Waals surface area contributed by atoms with Crippen LogP contribution >= 0.6 is 12.2 Å². The largest absolute Gasteiger partial charge is 0.345 e. The van der Waals surface area contributed by atoms with E-state index in [0.717, 1.165) is 25.9 Å². The highest BCUT2D eigenvalue weighted by molar-refractivity contribution is 7.79. The van der Waals surface area contributed by atoms with Gasteiger partial charge in [-0.25, -0.2) is 0 Å². The van der Waals surface area contributed by atoms with Crippen LogP contribution in [0.25, 0.3) is 5.57 Å². The van der Waals surface area contributed by atoms with Gasteiger partial charge in [-0.2, -0.15) is 0 Å². The first kappa shape index (κ1) is 15.9. The first-order chi connectivity index (χ1) is 11.1. The number of hydrogen-bond donors (Lipinski definition) is 1. The Morgan fingerprint density at radius 1 is 0.870 bits per heavy atom. The molecule has 2 aromatic carbocycles. The molecule has 2 nitrogen and oxygen atoms in total. The van der Waals surface area contributed by atoms with Crippen LogP contribution in [-0.4, -0.2) is 29.7 Å². The minimum absolute atomic E-state index is 0.602. The maximum absolute atomic E-state index is 5.93. The molecule has 0 radical (unpaired) electrons. The summed E-state index contributed by atoms with van der Waals surface area (Å²) in [6, 6.07) is 21.4. The van der Waals surface area contributed by atoms with E-state index in [0.29, 0.717) is 9.60 Å². The van der Waals surface area contributed by atoms with Crippen LogP contribution in [0.2, 0.25) is 0 Å². The lowest BCUT2D eigenvalue weighted by atomic mass is 9.88. The standard InChI is InChI=1S/C20H22N2S/c1-22(20(21)23)14-12-18(13-15-22)19(16-8-4-2-5-9-16)17-10-6-3-7-11-17/h2-11H,12-15H2,1H3,(H-,21,23)/p+1. The molecule has 1 aliphatic rings. The number of nitrogens with zero attached hydrogens (tertiary/aromatic N) is 1. The zero-order valence-electron chi connectivity index (χ0n) is 13.5. The molecule has 2 N–H and O–H groups in total. The first-order valence-electron chi connectivity index (χ1n) is 8.07. The van der Waals surface area contributed by atoms with E-state index in [4.69, 9.17) is 18.0 Å². The maximum Gasteiger partial charge on any atom is 0.267 e. The van der Waals surface area contributed by atoms with Crippen LogP contribution in [0, 0.1) is 0 Å². The monoisotopic (exact) mass is 323 g/mol. The Balaban J connectivity index is 2.02. The topological polar surface area (TPSA) is 26.0 Å². The summed E-state index contributed by atoms with van der Waals surface area (Å²) >= 11 is 5.25. The predicted octanol–water partition coefficient (Wildman–Crippen LogP) is 3.97. The molecule has 1 saturated heterocycles. The number of nitrogens with two attached hydrogens (primary N) is 1. The highest BCUT2D eigenvalue weighted by Gasteiger charge is 2.31. The van der Waals surface area contributed by atoms with Gasteiger partial charge in [-0.05, 0) is 16.7 Å². The van der Waals surface area contributed by atoms with Crippen LogP contribution in [0.5, 0.6) is 0 Å². The molecular weight excluding hydrogens is 300 g/mol. The lowest BCUT2D eigenvalue weighted by molar-refractivity contribution is -0.822. The van der Waals surface area contributed by atoms with Crippen molar-refractivity contribution in [1.82, 2.24) is 0 Å². The predicted molar refractivity (Wildman–Crippen MR) is 101 cm³/mol. The third-order valence-corrected chi connectivity index (χ3v) is 5.27. The summed E-state index contributed by atoms with van der Waals surface area (Å²) in [5.74, 6) is 0. The van der Waals surface area contributed by atoms with Crippen molar-refractivity contribution in [2.75, 3.05) is 20.1 Å². The van der Waals surface area contributed by atoms with Gasteiger partial charge in [0.15, 0.2) is 0 Å². The SMILES string of the molecule is C[N+]1(C(N)=S)CCC(=C(c2ccccc2)c2ccccc2)CC1. The molecule has 1 fully saturated rings. The summed E-state index contributed by atoms with van der Waals surface area (Å²) in [5.41, 5.74) is 11.4. The fourth-order valence-corrected chi connectivity index (χ4v) is 3.44. The number of benzene rings is 2. The number of rotatable bonds is 2. The molecule has 118 valence electrons. The Hall–Kier alpha value is -1.97. The second kappa shape index (κ2) is 6.65. The van der Waals surface area contributed by atoms with E-state index in [-0.39, 0.29) is 0 Å². The van der Waals surface area contributed by atoms with Gasteiger partial charge in [-0.1, -0.05) is 66.2 Å². The molecule has 3 rings (SSSR count). The Labute approximate surface area is 143 Å². The summed E-state index contributed by atoms with van der Waals surface area (Å²) in [6.45, 7) is 1.96. The number of piperidine rings is 1. The summed E-state index contributed by atoms with van der Waals surface area (Å²) < 4.78 is 0.704. The Morgan fingerprint density at radius 2 is 1.30 bits per heavy atom. The zero-order chi connectivity index (χ0) is 16.3. The lowest BCUT2D eigenvalue weighted by Crippen LogP contribution is -2.55. The van der Waals surface area contributed by atoms with Crippen molar-refractivity contribution in [2.24, 2.45) is 5.73 Å². The smallest absolute Gasteiger partial charge is 0.267 e. The van der Waals surface area contributed by atoms with E-state index in [1.807, 2.05) is 0 Å². The molecule has 1 aliphatic heterocycles. The van der Waals surface area contributed by atoms with E-state index >= 15 is 0 Å². The average Bonchev–Trinajstić information content (AvgIpc) is 2.59. The maximum atomic E-state index is 5.93. The second-order valence-electron chi connectivity index (χ2n) is 6.39. The third kappa shape index (κ3) is 3.36. The first-order valence-corrected chi connectivity index (χ1v) is 8.48. The van der Waals surface area contributed by atoms with E-state index < -0.39 is 0 Å². The van der Waals surface area contributed by atoms with Crippen molar-refractivity contribution in [3.63, 3.8) is 0 Å². The van der Waals surface area contributed by atoms with E-state index in [1.165, 1.54) is 22.3 Å². The Morgan fingerprint density at radius 3 is 1.70 bits per heavy atom. The molecule has 0 saturated carbocycles. The van der Waals surface area contributed by atoms with Crippen LogP contribution in [0.3, 0.4) is 0 Å². The molecule has 1 heterocycles. The highest BCUT2D eigenvalue weighted by atomic mass is 32.1. The van der Waals surface area contributed by atoms with Gasteiger partial charge in [0, 0.05) is 25.1 Å². The van der Waals surface area contributed by atoms with Gasteiger partial charge < -0.3 is 5.73 Å². The quantitative estimate of drug-likeness (QED) is 0.668. The second-order valence-corrected chi connectivity index (χ2v) is 6.81. The Bertz CT molecular complexity index is 668. The fraction of sp³-hybridized carbons (Fsp3) is 0.250. The van der Waals surface area contributed by atoms with Crippen molar-refractivity contribution in [3.8, 4) is 0 Å². The van der Waals surface area contributed by atoms with Crippen molar-refractivity contribution in [3.05, 3.63) is 77.4 Å². The molecule has 0 atom stereocenters. The van der Waals surface area contributed by atoms with Gasteiger partial charge in [-0.15, -0.1) is 0 Å². The van der Waals surface area contributed by atoms with Crippen LogP contribution < -0.4 is 5.73 Å². The Kier molecular flexibility index (Phi) is 4.60. The highest BCUT2D eigenvalue weighted by Crippen LogP contribution is 2.33. The summed E-state index contributed by atoms with van der Waals surface area (Å²) in [6.07, 6.45) is 2.07. The molecule has 23 heavy (non-hydrogen) atoms. The van der Waals surface area contributed by atoms with E-state index in [9.17, 15) is 0 Å². The number of hydrogen-bond acceptors (Lipinski definition) is 1. The van der Waals surface area contributed by atoms with Gasteiger partial charge in [0.1, 0.15) is 0 Å². The molecular formula is C20H23N2S+. The van der Waals surface area contributed by atoms with Crippen molar-refractivity contribution < 1.29 is 4.48 Å². The number of thiocarbonyl (C=S) groups is 1. The molecule has 0 unspecified atom stereocenters. The number of quaternary nitrogens is 1. The molecule has 0 amide bonds. The third-order valence-electron chi connectivity index (χ3n) is 4.82. The van der Waals surface area contributed by atoms with Crippen molar-refractivity contribution in [1.29, 1.82) is 0 Å². The summed E-state index contributed by atoms with van der Waals surface area (Å²) in [7, 11) is 2.14. The van der Waals surface area contributed by atoms with Crippen LogP contribution in [-0.2, 0) is 0 Å². The molecule has 0 aromatic heterocycles. The minimum Gasteiger partial charge on any atom is -0.345 e. The fourth-order valence-electron chi connectivity index (χ4n) is 3.26. The minimum atomic E-state index is 0.602. The summed E-state index contributed by atoms with van der Waals surface area (Å²) in [4.78, 5) is 0. The van der Waals surface area contributed by atoms with E-state index in [2.05, 4.69) is 67.7 Å². The van der Waals surface area contributed by atoms with Crippen LogP contribution in [0.15, 0.2) is 66.2 Å². The van der Waals surface area contributed by atoms with Gasteiger partial charge in [0.05, 0.1) is 20.1 Å². The lowest BCUT2D eigenvalue weighted by Gasteiger charge is -2.37. The molecule has 0 aliphatic carbocycles. The van der Waals surface area contributed by atoms with Crippen molar-refractivity contribution >= 4 is 22.9 Å². The van der Waals surface area contributed by atoms with Crippen LogP contribution in [0.4, 0.5) is 0 Å². The van der Waals surface area contributed by atoms with Crippen LogP contribution in [0.1, 0.15) is 24.0 Å². The van der Waals surface area contributed by atoms with Gasteiger partial charge in [-0.3, -0.25) is 4.48 Å². The molecule has 3 heteroatoms. The number of likely N-dealkylation sites (tertiary alicyclic amines) is 1. The van der Waals surface area contributed by atoms with Gasteiger partial charge in [0.2, 0.25) is 0 Å². The van der Waals surface area contributed by atoms with Crippen molar-refractivity contribution in [2.45, 2.75) is 12.8 Å². The average molecular weight is 323 g/mol. The summed E-state index contributed by atoms with van der Waals surface area (Å²) in [5, 5.41) is 0.602. The molecule has 0 spiro atoms. The zero-order valence-corrected chi connectivity index (χ0v) is 14.4. The molecule has 0 bridgehead atoms. The molecule has 2 aromatic rings. The van der Waals surface area contributed by atoms with Gasteiger partial charge in [0.25, 0.3) is 5.11 Å². The van der Waals surface area contributed by atoms with Gasteiger partial charge >= 0.3 is 0 Å². The van der Waals surface area contributed by atoms with E-state index in [1.54, 1.807) is 0 Å².